The predicted octanol–water partition coefficient (Wildman–Crippen LogP) is 4.75. The molecule has 0 aliphatic carbocycles. The maximum atomic E-state index is 12.4. The van der Waals surface area contributed by atoms with Gasteiger partial charge in [-0.25, -0.2) is 0 Å². The second-order valence-corrected chi connectivity index (χ2v) is 6.80. The van der Waals surface area contributed by atoms with Crippen LogP contribution in [0.4, 0.5) is 0 Å². The molecule has 0 fully saturated rings. The van der Waals surface area contributed by atoms with Crippen molar-refractivity contribution in [3.63, 3.8) is 0 Å². The van der Waals surface area contributed by atoms with Gasteiger partial charge < -0.3 is 14.8 Å². The predicted molar refractivity (Wildman–Crippen MR) is 105 cm³/mol. The van der Waals surface area contributed by atoms with Crippen LogP contribution >= 0.6 is 0 Å². The van der Waals surface area contributed by atoms with E-state index in [1.807, 2.05) is 50.2 Å². The number of nitrogens with one attached hydrogen (secondary N) is 1. The van der Waals surface area contributed by atoms with Crippen molar-refractivity contribution in [2.45, 2.75) is 40.7 Å². The number of aryl methyl sites for hydroxylation is 1. The van der Waals surface area contributed by atoms with Crippen LogP contribution in [0.3, 0.4) is 0 Å². The zero-order valence-corrected chi connectivity index (χ0v) is 16.2. The van der Waals surface area contributed by atoms with E-state index in [9.17, 15) is 4.79 Å². The molecule has 0 aliphatic rings. The molecule has 0 bridgehead atoms. The highest BCUT2D eigenvalue weighted by Gasteiger charge is 2.11. The summed E-state index contributed by atoms with van der Waals surface area (Å²) >= 11 is 0. The Balaban J connectivity index is 2.08. The summed E-state index contributed by atoms with van der Waals surface area (Å²) in [7, 11) is 0. The van der Waals surface area contributed by atoms with Gasteiger partial charge >= 0.3 is 0 Å². The largest absolute Gasteiger partial charge is 0.493 e. The van der Waals surface area contributed by atoms with E-state index in [2.05, 4.69) is 19.2 Å². The summed E-state index contributed by atoms with van der Waals surface area (Å²) < 4.78 is 11.5. The molecule has 1 amide bonds. The highest BCUT2D eigenvalue weighted by atomic mass is 16.5. The van der Waals surface area contributed by atoms with Crippen molar-refractivity contribution in [2.75, 3.05) is 13.2 Å². The van der Waals surface area contributed by atoms with Crippen LogP contribution in [0, 0.1) is 12.8 Å². The van der Waals surface area contributed by atoms with Crippen LogP contribution in [-0.2, 0) is 6.61 Å². The summed E-state index contributed by atoms with van der Waals surface area (Å²) in [5.74, 6) is 2.04. The van der Waals surface area contributed by atoms with Gasteiger partial charge in [-0.3, -0.25) is 4.79 Å². The number of ether oxygens (including phenoxy) is 2. The van der Waals surface area contributed by atoms with Crippen molar-refractivity contribution in [1.29, 1.82) is 0 Å². The highest BCUT2D eigenvalue weighted by molar-refractivity contribution is 5.94. The number of hydrogen-bond donors (Lipinski definition) is 1. The first-order valence-electron chi connectivity index (χ1n) is 9.23. The Morgan fingerprint density at radius 3 is 2.46 bits per heavy atom. The number of amides is 1. The molecule has 0 aromatic heterocycles. The first-order valence-corrected chi connectivity index (χ1v) is 9.23. The quantitative estimate of drug-likeness (QED) is 0.706. The van der Waals surface area contributed by atoms with Crippen molar-refractivity contribution in [1.82, 2.24) is 5.32 Å². The second-order valence-electron chi connectivity index (χ2n) is 6.80. The number of hydrogen-bond acceptors (Lipinski definition) is 3. The van der Waals surface area contributed by atoms with Gasteiger partial charge in [0.05, 0.1) is 6.61 Å². The minimum Gasteiger partial charge on any atom is -0.493 e. The minimum absolute atomic E-state index is 0.0646. The minimum atomic E-state index is -0.0646. The van der Waals surface area contributed by atoms with Crippen molar-refractivity contribution in [3.05, 3.63) is 59.2 Å². The molecule has 0 spiro atoms. The zero-order chi connectivity index (χ0) is 18.9. The molecule has 4 heteroatoms. The number of carbonyl (C=O) groups is 1. The van der Waals surface area contributed by atoms with Gasteiger partial charge in [0, 0.05) is 17.7 Å². The summed E-state index contributed by atoms with van der Waals surface area (Å²) in [5, 5.41) is 2.97. The average Bonchev–Trinajstić information content (AvgIpc) is 2.62. The van der Waals surface area contributed by atoms with Gasteiger partial charge in [0.25, 0.3) is 5.91 Å². The third kappa shape index (κ3) is 6.10. The molecular weight excluding hydrogens is 326 g/mol. The molecule has 0 aliphatic heterocycles. The van der Waals surface area contributed by atoms with Crippen LogP contribution in [0.2, 0.25) is 0 Å². The lowest BCUT2D eigenvalue weighted by Crippen LogP contribution is -2.25. The molecular formula is C22H29NO3. The van der Waals surface area contributed by atoms with E-state index in [1.165, 1.54) is 5.56 Å². The molecule has 0 saturated heterocycles. The van der Waals surface area contributed by atoms with Crippen molar-refractivity contribution in [3.8, 4) is 11.5 Å². The molecule has 4 nitrogen and oxygen atoms in total. The second kappa shape index (κ2) is 9.85. The standard InChI is InChI=1S/C22H29NO3/c1-5-25-21-11-8-18(22(24)23-13-12-16(2)3)14-19(21)15-26-20-9-6-17(4)7-10-20/h6-11,14,16H,5,12-13,15H2,1-4H3,(H,23,24). The number of carbonyl (C=O) groups excluding carboxylic acids is 1. The molecule has 140 valence electrons. The smallest absolute Gasteiger partial charge is 0.251 e. The van der Waals surface area contributed by atoms with E-state index in [0.29, 0.717) is 31.2 Å². The van der Waals surface area contributed by atoms with Gasteiger partial charge in [0.15, 0.2) is 0 Å². The molecule has 1 N–H and O–H groups in total. The molecule has 2 aromatic rings. The lowest BCUT2D eigenvalue weighted by molar-refractivity contribution is 0.0952. The van der Waals surface area contributed by atoms with Gasteiger partial charge in [-0.2, -0.15) is 0 Å². The van der Waals surface area contributed by atoms with E-state index in [-0.39, 0.29) is 5.91 Å². The first kappa shape index (κ1) is 19.8. The molecule has 26 heavy (non-hydrogen) atoms. The lowest BCUT2D eigenvalue weighted by Gasteiger charge is -2.14. The molecule has 0 radical (unpaired) electrons. The van der Waals surface area contributed by atoms with Gasteiger partial charge in [0.1, 0.15) is 18.1 Å². The van der Waals surface area contributed by atoms with Gasteiger partial charge in [-0.1, -0.05) is 31.5 Å². The molecule has 0 atom stereocenters. The molecule has 0 unspecified atom stereocenters. The maximum absolute atomic E-state index is 12.4. The normalized spacial score (nSPS) is 10.7. The van der Waals surface area contributed by atoms with Gasteiger partial charge in [-0.15, -0.1) is 0 Å². The Morgan fingerprint density at radius 2 is 1.81 bits per heavy atom. The average molecular weight is 355 g/mol. The summed E-state index contributed by atoms with van der Waals surface area (Å²) in [4.78, 5) is 12.4. The third-order valence-electron chi connectivity index (χ3n) is 4.05. The molecule has 0 heterocycles. The topological polar surface area (TPSA) is 47.6 Å². The van der Waals surface area contributed by atoms with Gasteiger partial charge in [0.2, 0.25) is 0 Å². The monoisotopic (exact) mass is 355 g/mol. The summed E-state index contributed by atoms with van der Waals surface area (Å²) in [6.07, 6.45) is 0.964. The summed E-state index contributed by atoms with van der Waals surface area (Å²) in [6, 6.07) is 13.4. The van der Waals surface area contributed by atoms with Crippen LogP contribution in [0.15, 0.2) is 42.5 Å². The maximum Gasteiger partial charge on any atom is 0.251 e. The van der Waals surface area contributed by atoms with Gasteiger partial charge in [-0.05, 0) is 56.5 Å². The van der Waals surface area contributed by atoms with E-state index in [1.54, 1.807) is 6.07 Å². The van der Waals surface area contributed by atoms with Crippen molar-refractivity contribution >= 4 is 5.91 Å². The fourth-order valence-electron chi connectivity index (χ4n) is 2.50. The summed E-state index contributed by atoms with van der Waals surface area (Å²) in [5.41, 5.74) is 2.68. The van der Waals surface area contributed by atoms with Crippen molar-refractivity contribution < 1.29 is 14.3 Å². The number of rotatable bonds is 9. The molecule has 2 aromatic carbocycles. The molecule has 0 saturated carbocycles. The van der Waals surface area contributed by atoms with E-state index >= 15 is 0 Å². The fraction of sp³-hybridized carbons (Fsp3) is 0.409. The Kier molecular flexibility index (Phi) is 7.52. The Hall–Kier alpha value is -2.49. The van der Waals surface area contributed by atoms with E-state index in [4.69, 9.17) is 9.47 Å². The molecule has 2 rings (SSSR count). The van der Waals surface area contributed by atoms with Crippen LogP contribution in [-0.4, -0.2) is 19.1 Å². The zero-order valence-electron chi connectivity index (χ0n) is 16.2. The van der Waals surface area contributed by atoms with Crippen LogP contribution < -0.4 is 14.8 Å². The Morgan fingerprint density at radius 1 is 1.08 bits per heavy atom. The Labute approximate surface area is 156 Å². The van der Waals surface area contributed by atoms with Crippen LogP contribution in [0.25, 0.3) is 0 Å². The summed E-state index contributed by atoms with van der Waals surface area (Å²) in [6.45, 7) is 9.87. The lowest BCUT2D eigenvalue weighted by atomic mass is 10.1. The van der Waals surface area contributed by atoms with Crippen molar-refractivity contribution in [2.24, 2.45) is 5.92 Å². The first-order chi connectivity index (χ1) is 12.5. The fourth-order valence-corrected chi connectivity index (χ4v) is 2.50. The number of benzene rings is 2. The van der Waals surface area contributed by atoms with E-state index < -0.39 is 0 Å². The van der Waals surface area contributed by atoms with E-state index in [0.717, 1.165) is 23.5 Å². The third-order valence-corrected chi connectivity index (χ3v) is 4.05. The Bertz CT molecular complexity index is 708. The highest BCUT2D eigenvalue weighted by Crippen LogP contribution is 2.23. The van der Waals surface area contributed by atoms with Crippen LogP contribution in [0.1, 0.15) is 48.7 Å². The van der Waals surface area contributed by atoms with Crippen LogP contribution in [0.5, 0.6) is 11.5 Å². The SMILES string of the molecule is CCOc1ccc(C(=O)NCCC(C)C)cc1COc1ccc(C)cc1.